The Morgan fingerprint density at radius 2 is 1.67 bits per heavy atom. The molecule has 0 atom stereocenters. The van der Waals surface area contributed by atoms with E-state index in [1.54, 1.807) is 48.0 Å². The van der Waals surface area contributed by atoms with E-state index in [9.17, 15) is 4.79 Å². The summed E-state index contributed by atoms with van der Waals surface area (Å²) in [6, 6.07) is 12.1. The highest BCUT2D eigenvalue weighted by atomic mass is 16.4. The molecule has 0 aliphatic heterocycles. The number of aromatic carboxylic acids is 1. The molecule has 7 heteroatoms. The molecule has 0 saturated carbocycles. The van der Waals surface area contributed by atoms with Crippen molar-refractivity contribution in [2.75, 3.05) is 0 Å². The van der Waals surface area contributed by atoms with Crippen LogP contribution in [-0.2, 0) is 0 Å². The maximum Gasteiger partial charge on any atom is 0.335 e. The molecule has 0 bridgehead atoms. The van der Waals surface area contributed by atoms with Gasteiger partial charge in [-0.05, 0) is 92.8 Å². The lowest BCUT2D eigenvalue weighted by molar-refractivity contribution is 0.0696. The van der Waals surface area contributed by atoms with Crippen LogP contribution in [0.5, 0.6) is 11.5 Å². The predicted molar refractivity (Wildman–Crippen MR) is 126 cm³/mol. The maximum atomic E-state index is 12.0. The number of hydrogen-bond acceptors (Lipinski definition) is 6. The molecular formula is C26H25N3O4. The largest absolute Gasteiger partial charge is 0.507 e. The zero-order valence-corrected chi connectivity index (χ0v) is 19.0. The van der Waals surface area contributed by atoms with Crippen LogP contribution in [0.2, 0.25) is 0 Å². The van der Waals surface area contributed by atoms with E-state index in [0.29, 0.717) is 45.5 Å². The van der Waals surface area contributed by atoms with Crippen LogP contribution in [-0.4, -0.2) is 38.9 Å². The standard InChI is InChI=1S/C26H25N3O4/c1-13-7-6-8-20(30)22(13)24-27-25(23-17(5)16(4)14(2)12-21(23)31)29(28-24)18-9-10-19(26(32)33)15(3)11-18/h6-12,30-31H,1-5H3,(H,32,33)/i/hD3. The number of aromatic hydroxyl groups is 2. The van der Waals surface area contributed by atoms with Gasteiger partial charge in [0.1, 0.15) is 11.5 Å². The number of carboxylic acids is 1. The Hall–Kier alpha value is -4.13. The van der Waals surface area contributed by atoms with Crippen molar-refractivity contribution >= 4 is 5.97 Å². The van der Waals surface area contributed by atoms with Crippen molar-refractivity contribution in [1.82, 2.24) is 14.8 Å². The van der Waals surface area contributed by atoms with Crippen molar-refractivity contribution in [1.29, 1.82) is 4.29 Å². The fourth-order valence-corrected chi connectivity index (χ4v) is 4.02. The maximum absolute atomic E-state index is 12.0. The first kappa shape index (κ1) is 18.4. The SMILES string of the molecule is [2H]OC(=O)c1ccc(-n2nc(-c3c(C)cccc3O[2H])nc2-c2c(O[2H])cc(C)c(C)c2C)cc1C. The van der Waals surface area contributed by atoms with E-state index < -0.39 is 5.97 Å². The second kappa shape index (κ2) is 8.09. The normalized spacial score (nSPS) is 12.0. The third-order valence-corrected chi connectivity index (χ3v) is 6.09. The van der Waals surface area contributed by atoms with E-state index in [0.717, 1.165) is 22.3 Å². The van der Waals surface area contributed by atoms with Crippen LogP contribution in [0.4, 0.5) is 0 Å². The van der Waals surface area contributed by atoms with E-state index in [-0.39, 0.29) is 5.56 Å². The number of nitrogens with zero attached hydrogens (tertiary/aromatic N) is 3. The van der Waals surface area contributed by atoms with Crippen LogP contribution in [0, 0.1) is 34.6 Å². The molecule has 4 rings (SSSR count). The number of rotatable bonds is 6. The number of phenolic OH excluding ortho intramolecular Hbond substituents is 2. The van der Waals surface area contributed by atoms with E-state index >= 15 is 0 Å². The molecule has 0 spiro atoms. The molecule has 0 unspecified atom stereocenters. The van der Waals surface area contributed by atoms with Gasteiger partial charge >= 0.3 is 5.97 Å². The van der Waals surface area contributed by atoms with E-state index in [4.69, 9.17) is 24.6 Å². The van der Waals surface area contributed by atoms with E-state index in [2.05, 4.69) is 5.11 Å². The number of phenols is 2. The van der Waals surface area contributed by atoms with Crippen LogP contribution < -0.4 is 0 Å². The van der Waals surface area contributed by atoms with Gasteiger partial charge in [0.15, 0.2) is 11.6 Å². The van der Waals surface area contributed by atoms with Crippen molar-refractivity contribution in [2.24, 2.45) is 0 Å². The molecule has 3 N–H and O–H groups in total. The molecule has 1 heterocycles. The van der Waals surface area contributed by atoms with Gasteiger partial charge in [-0.25, -0.2) is 14.5 Å². The van der Waals surface area contributed by atoms with Gasteiger partial charge in [0.2, 0.25) is 0 Å². The lowest BCUT2D eigenvalue weighted by Crippen LogP contribution is -2.05. The highest BCUT2D eigenvalue weighted by Gasteiger charge is 2.23. The summed E-state index contributed by atoms with van der Waals surface area (Å²) in [6.45, 7) is 9.48. The molecule has 0 saturated heterocycles. The van der Waals surface area contributed by atoms with Crippen molar-refractivity contribution in [3.63, 3.8) is 0 Å². The van der Waals surface area contributed by atoms with Gasteiger partial charge in [0.25, 0.3) is 4.29 Å². The topological polar surface area (TPSA) is 108 Å². The fourth-order valence-electron chi connectivity index (χ4n) is 4.02. The Morgan fingerprint density at radius 1 is 0.879 bits per heavy atom. The highest BCUT2D eigenvalue weighted by Crippen LogP contribution is 2.38. The zero-order chi connectivity index (χ0) is 26.1. The van der Waals surface area contributed by atoms with Crippen LogP contribution in [0.15, 0.2) is 42.5 Å². The summed E-state index contributed by atoms with van der Waals surface area (Å²) >= 11 is 0. The van der Waals surface area contributed by atoms with Gasteiger partial charge < -0.3 is 15.3 Å². The Morgan fingerprint density at radius 3 is 2.36 bits per heavy atom. The third-order valence-electron chi connectivity index (χ3n) is 6.09. The quantitative estimate of drug-likeness (QED) is 0.373. The minimum absolute atomic E-state index is 0.261. The number of aromatic nitrogens is 3. The molecule has 33 heavy (non-hydrogen) atoms. The first-order valence-corrected chi connectivity index (χ1v) is 10.4. The minimum atomic E-state index is -0.759. The average molecular weight is 447 g/mol. The average Bonchev–Trinajstić information content (AvgIpc) is 3.30. The summed E-state index contributed by atoms with van der Waals surface area (Å²) in [5, 5.41) is 18.8. The van der Waals surface area contributed by atoms with Crippen molar-refractivity contribution < 1.29 is 20.1 Å². The Kier molecular flexibility index (Phi) is 4.52. The molecular weight excluding hydrogens is 418 g/mol. The lowest BCUT2D eigenvalue weighted by atomic mass is 9.97. The predicted octanol–water partition coefficient (Wildman–Crippen LogP) is 5.25. The molecule has 7 nitrogen and oxygen atoms in total. The summed E-state index contributed by atoms with van der Waals surface area (Å²) in [6.07, 6.45) is 0. The Balaban J connectivity index is 2.05. The number of benzene rings is 3. The van der Waals surface area contributed by atoms with Crippen molar-refractivity contribution in [3.8, 4) is 40.0 Å². The first-order chi connectivity index (χ1) is 17.2. The molecule has 4 aromatic rings. The van der Waals surface area contributed by atoms with Crippen LogP contribution >= 0.6 is 0 Å². The van der Waals surface area contributed by atoms with Gasteiger partial charge in [0, 0.05) is 0 Å². The minimum Gasteiger partial charge on any atom is -0.507 e. The fraction of sp³-hybridized carbons (Fsp3) is 0.192. The van der Waals surface area contributed by atoms with Crippen molar-refractivity contribution in [2.45, 2.75) is 34.6 Å². The summed E-state index contributed by atoms with van der Waals surface area (Å²) in [5.41, 5.74) is 6.31. The summed E-state index contributed by atoms with van der Waals surface area (Å²) in [4.78, 5) is 16.8. The van der Waals surface area contributed by atoms with E-state index in [1.165, 1.54) is 0 Å². The van der Waals surface area contributed by atoms with Crippen LogP contribution in [0.25, 0.3) is 29.9 Å². The number of hydrogen-bond donors (Lipinski definition) is 3. The highest BCUT2D eigenvalue weighted by molar-refractivity contribution is 5.89. The first-order valence-electron chi connectivity index (χ1n) is 11.7. The molecule has 3 aromatic carbocycles. The molecule has 1 aromatic heterocycles. The number of carboxylic acid groups (broad SMARTS) is 1. The van der Waals surface area contributed by atoms with Gasteiger partial charge in [-0.2, -0.15) is 0 Å². The van der Waals surface area contributed by atoms with Gasteiger partial charge in [0.05, 0.1) is 22.4 Å². The van der Waals surface area contributed by atoms with Gasteiger partial charge in [-0.15, -0.1) is 5.10 Å². The molecule has 0 aliphatic carbocycles. The molecule has 0 radical (unpaired) electrons. The third kappa shape index (κ3) is 3.71. The smallest absolute Gasteiger partial charge is 0.335 e. The molecule has 0 aliphatic rings. The summed E-state index contributed by atoms with van der Waals surface area (Å²) < 4.78 is 23.8. The van der Waals surface area contributed by atoms with Gasteiger partial charge in [-0.3, -0.25) is 0 Å². The van der Waals surface area contributed by atoms with Crippen LogP contribution in [0.1, 0.15) is 38.2 Å². The molecule has 168 valence electrons. The molecule has 0 amide bonds. The molecule has 0 fully saturated rings. The monoisotopic (exact) mass is 446 g/mol. The lowest BCUT2D eigenvalue weighted by Gasteiger charge is -2.14. The van der Waals surface area contributed by atoms with E-state index in [1.807, 2.05) is 33.8 Å². The summed E-state index contributed by atoms with van der Waals surface area (Å²) in [7, 11) is 0. The van der Waals surface area contributed by atoms with Crippen LogP contribution in [0.3, 0.4) is 0 Å². The Bertz CT molecular complexity index is 1480. The Labute approximate surface area is 196 Å². The second-order valence-electron chi connectivity index (χ2n) is 8.22. The number of carbonyl (C=O) groups is 1. The number of aryl methyl sites for hydroxylation is 3. The second-order valence-corrected chi connectivity index (χ2v) is 8.22. The van der Waals surface area contributed by atoms with Crippen molar-refractivity contribution in [3.05, 3.63) is 75.8 Å². The van der Waals surface area contributed by atoms with Gasteiger partial charge in [-0.1, -0.05) is 12.1 Å². The zero-order valence-electron chi connectivity index (χ0n) is 22.0. The summed E-state index contributed by atoms with van der Waals surface area (Å²) in [5.74, 6) is 0.611.